The number of amides is 1. The van der Waals surface area contributed by atoms with Crippen LogP contribution in [0.3, 0.4) is 0 Å². The van der Waals surface area contributed by atoms with Crippen molar-refractivity contribution < 1.29 is 24.2 Å². The van der Waals surface area contributed by atoms with Crippen molar-refractivity contribution in [3.63, 3.8) is 0 Å². The SMILES string of the molecule is COC(=O)c1ccc(NC(=O)CN2CCOCC2)cc1O. The van der Waals surface area contributed by atoms with Crippen LogP contribution in [0.2, 0.25) is 0 Å². The Labute approximate surface area is 122 Å². The Kier molecular flexibility index (Phi) is 5.13. The molecule has 0 aliphatic carbocycles. The summed E-state index contributed by atoms with van der Waals surface area (Å²) in [6.07, 6.45) is 0. The number of carbonyl (C=O) groups excluding carboxylic acids is 2. The van der Waals surface area contributed by atoms with E-state index in [4.69, 9.17) is 4.74 Å². The Morgan fingerprint density at radius 1 is 1.38 bits per heavy atom. The van der Waals surface area contributed by atoms with Crippen molar-refractivity contribution in [1.82, 2.24) is 4.90 Å². The lowest BCUT2D eigenvalue weighted by Gasteiger charge is -2.25. The zero-order chi connectivity index (χ0) is 15.2. The Bertz CT molecular complexity index is 526. The van der Waals surface area contributed by atoms with Crippen LogP contribution < -0.4 is 5.32 Å². The molecule has 0 aromatic heterocycles. The molecule has 1 aliphatic heterocycles. The molecule has 114 valence electrons. The monoisotopic (exact) mass is 294 g/mol. The van der Waals surface area contributed by atoms with Crippen molar-refractivity contribution in [1.29, 1.82) is 0 Å². The molecule has 1 fully saturated rings. The van der Waals surface area contributed by atoms with Crippen molar-refractivity contribution in [2.24, 2.45) is 0 Å². The van der Waals surface area contributed by atoms with E-state index >= 15 is 0 Å². The number of aromatic hydroxyl groups is 1. The van der Waals surface area contributed by atoms with Crippen LogP contribution in [-0.4, -0.2) is 61.8 Å². The molecule has 0 spiro atoms. The Morgan fingerprint density at radius 2 is 2.10 bits per heavy atom. The third-order valence-corrected chi connectivity index (χ3v) is 3.16. The van der Waals surface area contributed by atoms with Gasteiger partial charge in [-0.25, -0.2) is 4.79 Å². The predicted octanol–water partition coefficient (Wildman–Crippen LogP) is 0.449. The summed E-state index contributed by atoms with van der Waals surface area (Å²) < 4.78 is 9.75. The highest BCUT2D eigenvalue weighted by Gasteiger charge is 2.16. The molecule has 7 heteroatoms. The summed E-state index contributed by atoms with van der Waals surface area (Å²) in [4.78, 5) is 25.2. The number of hydrogen-bond donors (Lipinski definition) is 2. The second-order valence-electron chi connectivity index (χ2n) is 4.66. The summed E-state index contributed by atoms with van der Waals surface area (Å²) in [5.74, 6) is -1.04. The van der Waals surface area contributed by atoms with E-state index in [0.29, 0.717) is 18.9 Å². The number of ether oxygens (including phenoxy) is 2. The molecule has 1 aromatic rings. The molecule has 0 atom stereocenters. The van der Waals surface area contributed by atoms with E-state index < -0.39 is 5.97 Å². The second-order valence-corrected chi connectivity index (χ2v) is 4.66. The number of phenolic OH excluding ortho intramolecular Hbond substituents is 1. The van der Waals surface area contributed by atoms with Crippen LogP contribution in [0.15, 0.2) is 18.2 Å². The molecule has 0 saturated carbocycles. The molecule has 7 nitrogen and oxygen atoms in total. The quantitative estimate of drug-likeness (QED) is 0.784. The van der Waals surface area contributed by atoms with E-state index in [-0.39, 0.29) is 23.8 Å². The number of anilines is 1. The van der Waals surface area contributed by atoms with Crippen molar-refractivity contribution in [2.75, 3.05) is 45.3 Å². The minimum Gasteiger partial charge on any atom is -0.507 e. The molecule has 21 heavy (non-hydrogen) atoms. The van der Waals surface area contributed by atoms with Gasteiger partial charge in [-0.05, 0) is 12.1 Å². The van der Waals surface area contributed by atoms with E-state index in [0.717, 1.165) is 13.1 Å². The molecule has 0 unspecified atom stereocenters. The van der Waals surface area contributed by atoms with Crippen LogP contribution in [-0.2, 0) is 14.3 Å². The fourth-order valence-corrected chi connectivity index (χ4v) is 2.05. The normalized spacial score (nSPS) is 15.5. The number of nitrogens with zero attached hydrogens (tertiary/aromatic N) is 1. The lowest BCUT2D eigenvalue weighted by atomic mass is 10.2. The largest absolute Gasteiger partial charge is 0.507 e. The fraction of sp³-hybridized carbons (Fsp3) is 0.429. The number of esters is 1. The van der Waals surface area contributed by atoms with Gasteiger partial charge in [-0.15, -0.1) is 0 Å². The first-order valence-electron chi connectivity index (χ1n) is 6.61. The van der Waals surface area contributed by atoms with Crippen molar-refractivity contribution in [3.8, 4) is 5.75 Å². The number of phenols is 1. The maximum absolute atomic E-state index is 11.9. The van der Waals surface area contributed by atoms with Gasteiger partial charge in [-0.3, -0.25) is 9.69 Å². The Hall–Kier alpha value is -2.12. The second kappa shape index (κ2) is 7.05. The van der Waals surface area contributed by atoms with Gasteiger partial charge in [0.05, 0.1) is 26.9 Å². The lowest BCUT2D eigenvalue weighted by Crippen LogP contribution is -2.41. The van der Waals surface area contributed by atoms with Crippen molar-refractivity contribution in [2.45, 2.75) is 0 Å². The Balaban J connectivity index is 1.94. The number of benzene rings is 1. The first-order chi connectivity index (χ1) is 10.1. The zero-order valence-corrected chi connectivity index (χ0v) is 11.8. The highest BCUT2D eigenvalue weighted by molar-refractivity contribution is 5.95. The van der Waals surface area contributed by atoms with E-state index in [1.54, 1.807) is 6.07 Å². The number of nitrogens with one attached hydrogen (secondary N) is 1. The average Bonchev–Trinajstić information content (AvgIpc) is 2.47. The van der Waals surface area contributed by atoms with Crippen LogP contribution in [0, 0.1) is 0 Å². The number of hydrogen-bond acceptors (Lipinski definition) is 6. The molecule has 1 amide bonds. The number of rotatable bonds is 4. The van der Waals surface area contributed by atoms with Crippen LogP contribution >= 0.6 is 0 Å². The minimum absolute atomic E-state index is 0.0590. The van der Waals surface area contributed by atoms with E-state index in [2.05, 4.69) is 10.1 Å². The van der Waals surface area contributed by atoms with Gasteiger partial charge in [0.15, 0.2) is 0 Å². The number of carbonyl (C=O) groups is 2. The molecule has 2 N–H and O–H groups in total. The van der Waals surface area contributed by atoms with Crippen LogP contribution in [0.5, 0.6) is 5.75 Å². The summed E-state index contributed by atoms with van der Waals surface area (Å²) >= 11 is 0. The highest BCUT2D eigenvalue weighted by atomic mass is 16.5. The summed E-state index contributed by atoms with van der Waals surface area (Å²) in [5, 5.41) is 12.4. The summed E-state index contributed by atoms with van der Waals surface area (Å²) in [7, 11) is 1.24. The first-order valence-corrected chi connectivity index (χ1v) is 6.61. The van der Waals surface area contributed by atoms with E-state index in [9.17, 15) is 14.7 Å². The molecular weight excluding hydrogens is 276 g/mol. The molecule has 1 aliphatic rings. The van der Waals surface area contributed by atoms with Crippen molar-refractivity contribution in [3.05, 3.63) is 23.8 Å². The lowest BCUT2D eigenvalue weighted by molar-refractivity contribution is -0.118. The summed E-state index contributed by atoms with van der Waals surface area (Å²) in [5.41, 5.74) is 0.488. The minimum atomic E-state index is -0.626. The molecule has 0 bridgehead atoms. The average molecular weight is 294 g/mol. The molecule has 0 radical (unpaired) electrons. The van der Waals surface area contributed by atoms with Gasteiger partial charge in [0.25, 0.3) is 0 Å². The van der Waals surface area contributed by atoms with Gasteiger partial charge < -0.3 is 19.9 Å². The van der Waals surface area contributed by atoms with Gasteiger partial charge in [-0.2, -0.15) is 0 Å². The van der Waals surface area contributed by atoms with Crippen LogP contribution in [0.25, 0.3) is 0 Å². The maximum atomic E-state index is 11.9. The maximum Gasteiger partial charge on any atom is 0.341 e. The van der Waals surface area contributed by atoms with Gasteiger partial charge in [0.2, 0.25) is 5.91 Å². The standard InChI is InChI=1S/C14H18N2O5/c1-20-14(19)11-3-2-10(8-12(11)17)15-13(18)9-16-4-6-21-7-5-16/h2-3,8,17H,4-7,9H2,1H3,(H,15,18). The molecule has 1 aromatic carbocycles. The third kappa shape index (κ3) is 4.17. The smallest absolute Gasteiger partial charge is 0.341 e. The van der Waals surface area contributed by atoms with Crippen molar-refractivity contribution >= 4 is 17.6 Å². The number of morpholine rings is 1. The van der Waals surface area contributed by atoms with Gasteiger partial charge in [0, 0.05) is 24.8 Å². The Morgan fingerprint density at radius 3 is 2.71 bits per heavy atom. The topological polar surface area (TPSA) is 88.1 Å². The predicted molar refractivity (Wildman–Crippen MR) is 75.3 cm³/mol. The molecular formula is C14H18N2O5. The van der Waals surface area contributed by atoms with Crippen LogP contribution in [0.1, 0.15) is 10.4 Å². The highest BCUT2D eigenvalue weighted by Crippen LogP contribution is 2.22. The molecule has 1 saturated heterocycles. The van der Waals surface area contributed by atoms with Gasteiger partial charge in [-0.1, -0.05) is 0 Å². The number of methoxy groups -OCH3 is 1. The summed E-state index contributed by atoms with van der Waals surface area (Å²) in [6.45, 7) is 2.96. The molecule has 2 rings (SSSR count). The summed E-state index contributed by atoms with van der Waals surface area (Å²) in [6, 6.07) is 4.28. The zero-order valence-electron chi connectivity index (χ0n) is 11.8. The van der Waals surface area contributed by atoms with Crippen LogP contribution in [0.4, 0.5) is 5.69 Å². The van der Waals surface area contributed by atoms with E-state index in [1.165, 1.54) is 19.2 Å². The fourth-order valence-electron chi connectivity index (χ4n) is 2.05. The van der Waals surface area contributed by atoms with Gasteiger partial charge >= 0.3 is 5.97 Å². The molecule has 1 heterocycles. The third-order valence-electron chi connectivity index (χ3n) is 3.16. The van der Waals surface area contributed by atoms with Gasteiger partial charge in [0.1, 0.15) is 11.3 Å². The van der Waals surface area contributed by atoms with E-state index in [1.807, 2.05) is 4.90 Å². The first kappa shape index (κ1) is 15.3.